The highest BCUT2D eigenvalue weighted by atomic mass is 31.2. The number of allylic oxidation sites excluding steroid dienone is 13. The second kappa shape index (κ2) is 62.2. The highest BCUT2D eigenvalue weighted by Crippen LogP contribution is 2.43. The minimum absolute atomic E-state index is 0.0377. The average Bonchev–Trinajstić information content (AvgIpc) is 3.47. The molecule has 1 amide bonds. The molecule has 3 unspecified atom stereocenters. The van der Waals surface area contributed by atoms with Crippen molar-refractivity contribution < 1.29 is 37.3 Å². The predicted molar refractivity (Wildman–Crippen MR) is 360 cm³/mol. The van der Waals surface area contributed by atoms with Crippen molar-refractivity contribution in [1.29, 1.82) is 0 Å². The summed E-state index contributed by atoms with van der Waals surface area (Å²) < 4.78 is 30.8. The number of unbranched alkanes of at least 4 members (excludes halogenated alkanes) is 35. The zero-order valence-electron chi connectivity index (χ0n) is 55.2. The molecule has 0 aliphatic carbocycles. The van der Waals surface area contributed by atoms with Crippen molar-refractivity contribution in [3.05, 3.63) is 85.1 Å². The number of phosphoric ester groups is 1. The van der Waals surface area contributed by atoms with Crippen LogP contribution in [0.25, 0.3) is 0 Å². The highest BCUT2D eigenvalue weighted by Gasteiger charge is 2.30. The third kappa shape index (κ3) is 63.5. The van der Waals surface area contributed by atoms with Crippen LogP contribution in [0.15, 0.2) is 85.1 Å². The lowest BCUT2D eigenvalue weighted by atomic mass is 10.0. The van der Waals surface area contributed by atoms with Crippen LogP contribution in [-0.2, 0) is 27.9 Å². The second-order valence-electron chi connectivity index (χ2n) is 24.7. The SMILES string of the molecule is CC/C=C\C/C=C\C/C=C\C/C=C\C/C=C\C/C=C\CCCCCCCCCCC(=O)OC(/C=C/CCCCCCCCCCCCC)C(COP(=O)(O)OCC[N+](C)(C)C)NC(=O)CCCCCCCCCCCCCCCCCCC. The number of amides is 1. The van der Waals surface area contributed by atoms with E-state index in [1.807, 2.05) is 33.3 Å². The first-order valence-electron chi connectivity index (χ1n) is 34.9. The number of hydrogen-bond donors (Lipinski definition) is 2. The Morgan fingerprint density at radius 3 is 1.16 bits per heavy atom. The molecule has 0 aromatic carbocycles. The molecule has 0 rings (SSSR count). The van der Waals surface area contributed by atoms with E-state index in [1.165, 1.54) is 173 Å². The lowest BCUT2D eigenvalue weighted by molar-refractivity contribution is -0.870. The van der Waals surface area contributed by atoms with Crippen LogP contribution < -0.4 is 5.32 Å². The van der Waals surface area contributed by atoms with Gasteiger partial charge in [0.25, 0.3) is 0 Å². The smallest absolute Gasteiger partial charge is 0.456 e. The van der Waals surface area contributed by atoms with Gasteiger partial charge in [0, 0.05) is 12.8 Å². The van der Waals surface area contributed by atoms with Gasteiger partial charge in [-0.05, 0) is 83.1 Å². The first-order valence-corrected chi connectivity index (χ1v) is 36.4. The zero-order chi connectivity index (χ0) is 60.7. The van der Waals surface area contributed by atoms with Crippen molar-refractivity contribution in [2.45, 2.75) is 328 Å². The molecule has 9 nitrogen and oxygen atoms in total. The lowest BCUT2D eigenvalue weighted by Gasteiger charge is -2.27. The molecule has 0 heterocycles. The molecule has 0 radical (unpaired) electrons. The molecule has 0 bridgehead atoms. The van der Waals surface area contributed by atoms with E-state index < -0.39 is 20.0 Å². The van der Waals surface area contributed by atoms with Gasteiger partial charge < -0.3 is 19.4 Å². The monoisotopic (exact) mass is 1180 g/mol. The average molecular weight is 1180 g/mol. The summed E-state index contributed by atoms with van der Waals surface area (Å²) in [5.41, 5.74) is 0. The maximum atomic E-state index is 13.6. The summed E-state index contributed by atoms with van der Waals surface area (Å²) in [5, 5.41) is 3.07. The van der Waals surface area contributed by atoms with Crippen molar-refractivity contribution in [3.8, 4) is 0 Å². The summed E-state index contributed by atoms with van der Waals surface area (Å²) >= 11 is 0. The van der Waals surface area contributed by atoms with Crippen LogP contribution >= 0.6 is 7.82 Å². The van der Waals surface area contributed by atoms with Gasteiger partial charge in [-0.1, -0.05) is 305 Å². The molecule has 0 aromatic rings. The fourth-order valence-electron chi connectivity index (χ4n) is 10.0. The molecule has 10 heteroatoms. The number of ether oxygens (including phenoxy) is 1. The zero-order valence-corrected chi connectivity index (χ0v) is 56.1. The summed E-state index contributed by atoms with van der Waals surface area (Å²) in [6.07, 6.45) is 83.0. The third-order valence-electron chi connectivity index (χ3n) is 15.3. The minimum atomic E-state index is -4.46. The quantitative estimate of drug-likeness (QED) is 0.0205. The van der Waals surface area contributed by atoms with E-state index in [0.717, 1.165) is 109 Å². The molecule has 83 heavy (non-hydrogen) atoms. The Morgan fingerprint density at radius 2 is 0.771 bits per heavy atom. The molecule has 0 aliphatic heterocycles. The Hall–Kier alpha value is -2.81. The maximum absolute atomic E-state index is 13.6. The summed E-state index contributed by atoms with van der Waals surface area (Å²) in [6, 6.07) is -0.854. The van der Waals surface area contributed by atoms with Crippen LogP contribution in [-0.4, -0.2) is 74.3 Å². The number of nitrogens with zero attached hydrogens (tertiary/aromatic N) is 1. The largest absolute Gasteiger partial charge is 0.472 e. The number of rotatable bonds is 63. The molecule has 0 fully saturated rings. The van der Waals surface area contributed by atoms with Crippen molar-refractivity contribution >= 4 is 19.7 Å². The Labute approximate surface area is 514 Å². The Bertz CT molecular complexity index is 1700. The van der Waals surface area contributed by atoms with Crippen LogP contribution in [0.4, 0.5) is 0 Å². The minimum Gasteiger partial charge on any atom is -0.456 e. The van der Waals surface area contributed by atoms with Crippen LogP contribution in [0.3, 0.4) is 0 Å². The second-order valence-corrected chi connectivity index (χ2v) is 26.1. The number of carbonyl (C=O) groups excluding carboxylic acids is 2. The van der Waals surface area contributed by atoms with E-state index >= 15 is 0 Å². The molecule has 0 saturated heterocycles. The van der Waals surface area contributed by atoms with Crippen LogP contribution in [0.1, 0.15) is 316 Å². The Balaban J connectivity index is 5.12. The molecular weight excluding hydrogens is 1050 g/mol. The topological polar surface area (TPSA) is 111 Å². The van der Waals surface area contributed by atoms with E-state index in [2.05, 4.69) is 99.0 Å². The van der Waals surface area contributed by atoms with Crippen LogP contribution in [0, 0.1) is 0 Å². The number of esters is 1. The fourth-order valence-corrected chi connectivity index (χ4v) is 10.7. The lowest BCUT2D eigenvalue weighted by Crippen LogP contribution is -2.47. The summed E-state index contributed by atoms with van der Waals surface area (Å²) in [5.74, 6) is -0.505. The van der Waals surface area contributed by atoms with Gasteiger partial charge in [-0.15, -0.1) is 0 Å². The number of quaternary nitrogens is 1. The Kier molecular flexibility index (Phi) is 60.1. The van der Waals surface area contributed by atoms with E-state index in [4.69, 9.17) is 13.8 Å². The maximum Gasteiger partial charge on any atom is 0.472 e. The van der Waals surface area contributed by atoms with Gasteiger partial charge in [-0.3, -0.25) is 18.6 Å². The normalized spacial score (nSPS) is 14.1. The number of nitrogens with one attached hydrogen (secondary N) is 1. The number of hydrogen-bond acceptors (Lipinski definition) is 6. The van der Waals surface area contributed by atoms with E-state index in [9.17, 15) is 19.0 Å². The van der Waals surface area contributed by atoms with Crippen LogP contribution in [0.5, 0.6) is 0 Å². The summed E-state index contributed by atoms with van der Waals surface area (Å²) in [6.45, 7) is 6.93. The molecule has 2 N–H and O–H groups in total. The van der Waals surface area contributed by atoms with E-state index in [-0.39, 0.29) is 31.5 Å². The molecule has 482 valence electrons. The van der Waals surface area contributed by atoms with Gasteiger partial charge in [0.2, 0.25) is 5.91 Å². The van der Waals surface area contributed by atoms with Gasteiger partial charge in [-0.25, -0.2) is 4.57 Å². The number of likely N-dealkylation sites (N-methyl/N-ethyl adjacent to an activating group) is 1. The predicted octanol–water partition coefficient (Wildman–Crippen LogP) is 22.1. The van der Waals surface area contributed by atoms with Gasteiger partial charge >= 0.3 is 13.8 Å². The first-order chi connectivity index (χ1) is 40.4. The van der Waals surface area contributed by atoms with Crippen molar-refractivity contribution in [3.63, 3.8) is 0 Å². The molecular formula is C73H134N2O7P+. The van der Waals surface area contributed by atoms with Gasteiger partial charge in [0.15, 0.2) is 0 Å². The van der Waals surface area contributed by atoms with Gasteiger partial charge in [-0.2, -0.15) is 0 Å². The fraction of sp³-hybridized carbons (Fsp3) is 0.781. The Morgan fingerprint density at radius 1 is 0.434 bits per heavy atom. The van der Waals surface area contributed by atoms with Crippen molar-refractivity contribution in [2.24, 2.45) is 0 Å². The summed E-state index contributed by atoms with van der Waals surface area (Å²) in [7, 11) is 1.49. The highest BCUT2D eigenvalue weighted by molar-refractivity contribution is 7.47. The van der Waals surface area contributed by atoms with E-state index in [1.54, 1.807) is 0 Å². The summed E-state index contributed by atoms with van der Waals surface area (Å²) in [4.78, 5) is 37.9. The van der Waals surface area contributed by atoms with Crippen molar-refractivity contribution in [2.75, 3.05) is 40.9 Å². The molecule has 0 saturated carbocycles. The van der Waals surface area contributed by atoms with Gasteiger partial charge in [0.1, 0.15) is 19.3 Å². The van der Waals surface area contributed by atoms with Gasteiger partial charge in [0.05, 0.1) is 33.8 Å². The van der Waals surface area contributed by atoms with Crippen molar-refractivity contribution in [1.82, 2.24) is 5.32 Å². The molecule has 0 aliphatic rings. The number of carbonyl (C=O) groups is 2. The number of phosphoric acid groups is 1. The molecule has 0 spiro atoms. The standard InChI is InChI=1S/C73H133N2O7P/c1-7-10-13-16-19-22-25-28-30-32-33-34-35-36-37-38-39-40-41-43-45-48-51-54-57-60-63-66-73(77)82-71(64-61-58-55-52-49-46-27-24-21-18-15-12-9-3)70(69-81-83(78,79)80-68-67-75(4,5)6)74-72(76)65-62-59-56-53-50-47-44-42-31-29-26-23-20-17-14-11-8-2/h10,13,19,22,28,30,33-34,36-37,39-40,61,64,70-71H,7-9,11-12,14-18,20-21,23-27,29,31-32,35,38,41-60,62-63,65-69H2,1-6H3,(H-,74,76,78,79)/p+1/b13-10-,22-19-,30-28-,34-33-,37-36-,40-39-,64-61+. The molecule has 3 atom stereocenters. The first kappa shape index (κ1) is 80.2. The van der Waals surface area contributed by atoms with Crippen LogP contribution in [0.2, 0.25) is 0 Å². The third-order valence-corrected chi connectivity index (χ3v) is 16.3. The van der Waals surface area contributed by atoms with E-state index in [0.29, 0.717) is 17.4 Å². The molecule has 0 aromatic heterocycles.